The number of nitro benzene ring substituents is 1. The molecule has 0 atom stereocenters. The van der Waals surface area contributed by atoms with Crippen molar-refractivity contribution in [1.29, 1.82) is 0 Å². The fourth-order valence-electron chi connectivity index (χ4n) is 2.94. The topological polar surface area (TPSA) is 64.8 Å². The zero-order valence-electron chi connectivity index (χ0n) is 14.4. The molecule has 6 nitrogen and oxygen atoms in total. The van der Waals surface area contributed by atoms with Crippen molar-refractivity contribution in [2.45, 2.75) is 12.8 Å². The molecule has 0 aromatic heterocycles. The van der Waals surface area contributed by atoms with Crippen LogP contribution in [-0.4, -0.2) is 42.7 Å². The number of hydrogen-bond donors (Lipinski definition) is 0. The summed E-state index contributed by atoms with van der Waals surface area (Å²) in [5, 5.41) is 11.9. The summed E-state index contributed by atoms with van der Waals surface area (Å²) >= 11 is 5.93. The van der Waals surface area contributed by atoms with E-state index in [1.165, 1.54) is 0 Å². The van der Waals surface area contributed by atoms with Gasteiger partial charge in [-0.25, -0.2) is 0 Å². The number of hydrogen-bond acceptors (Lipinski definition) is 5. The van der Waals surface area contributed by atoms with Crippen molar-refractivity contribution in [1.82, 2.24) is 4.90 Å². The summed E-state index contributed by atoms with van der Waals surface area (Å²) in [7, 11) is 0. The van der Waals surface area contributed by atoms with Gasteiger partial charge in [-0.1, -0.05) is 23.7 Å². The third-order valence-electron chi connectivity index (χ3n) is 4.29. The maximum absolute atomic E-state index is 11.4. The normalized spacial score (nSPS) is 15.0. The van der Waals surface area contributed by atoms with E-state index >= 15 is 0 Å². The molecule has 0 spiro atoms. The quantitative estimate of drug-likeness (QED) is 0.532. The molecule has 3 rings (SSSR count). The molecule has 7 heteroatoms. The highest BCUT2D eigenvalue weighted by Gasteiger charge is 2.17. The van der Waals surface area contributed by atoms with Crippen molar-refractivity contribution >= 4 is 17.3 Å². The lowest BCUT2D eigenvalue weighted by Gasteiger charge is -2.26. The van der Waals surface area contributed by atoms with Crippen LogP contribution in [-0.2, 0) is 11.2 Å². The Morgan fingerprint density at radius 2 is 2.00 bits per heavy atom. The predicted octanol–water partition coefficient (Wildman–Crippen LogP) is 4.31. The van der Waals surface area contributed by atoms with Gasteiger partial charge >= 0.3 is 5.69 Å². The molecule has 2 aromatic rings. The van der Waals surface area contributed by atoms with Crippen LogP contribution < -0.4 is 4.74 Å². The third kappa shape index (κ3) is 5.17. The van der Waals surface area contributed by atoms with Crippen molar-refractivity contribution < 1.29 is 14.4 Å². The van der Waals surface area contributed by atoms with Crippen LogP contribution in [0.5, 0.6) is 11.5 Å². The minimum Gasteiger partial charge on any atom is -0.450 e. The van der Waals surface area contributed by atoms with Gasteiger partial charge in [-0.05, 0) is 49.2 Å². The van der Waals surface area contributed by atoms with Crippen LogP contribution in [0.25, 0.3) is 0 Å². The summed E-state index contributed by atoms with van der Waals surface area (Å²) in [6.45, 7) is 4.43. The molecule has 0 aliphatic carbocycles. The smallest absolute Gasteiger partial charge is 0.311 e. The Labute approximate surface area is 157 Å². The van der Waals surface area contributed by atoms with Gasteiger partial charge in [-0.2, -0.15) is 0 Å². The molecule has 1 fully saturated rings. The van der Waals surface area contributed by atoms with E-state index in [1.54, 1.807) is 36.4 Å². The second-order valence-corrected chi connectivity index (χ2v) is 6.61. The fraction of sp³-hybridized carbons (Fsp3) is 0.368. The van der Waals surface area contributed by atoms with Crippen LogP contribution >= 0.6 is 11.6 Å². The summed E-state index contributed by atoms with van der Waals surface area (Å²) in [6, 6.07) is 11.9. The van der Waals surface area contributed by atoms with Gasteiger partial charge in [0, 0.05) is 24.2 Å². The van der Waals surface area contributed by atoms with E-state index < -0.39 is 4.92 Å². The maximum Gasteiger partial charge on any atom is 0.311 e. The van der Waals surface area contributed by atoms with Crippen LogP contribution in [0.4, 0.5) is 5.69 Å². The second-order valence-electron chi connectivity index (χ2n) is 6.18. The van der Waals surface area contributed by atoms with Crippen molar-refractivity contribution in [2.75, 3.05) is 32.8 Å². The molecule has 0 unspecified atom stereocenters. The summed E-state index contributed by atoms with van der Waals surface area (Å²) < 4.78 is 11.0. The summed E-state index contributed by atoms with van der Waals surface area (Å²) in [5.41, 5.74) is 0.900. The molecule has 1 heterocycles. The van der Waals surface area contributed by atoms with Crippen LogP contribution in [0.2, 0.25) is 5.02 Å². The van der Waals surface area contributed by atoms with E-state index in [1.807, 2.05) is 6.07 Å². The number of ether oxygens (including phenoxy) is 2. The number of morpholine rings is 1. The molecule has 0 bridgehead atoms. The predicted molar refractivity (Wildman–Crippen MR) is 100 cm³/mol. The molecule has 0 amide bonds. The van der Waals surface area contributed by atoms with Gasteiger partial charge < -0.3 is 9.47 Å². The van der Waals surface area contributed by atoms with Crippen LogP contribution in [0.1, 0.15) is 12.0 Å². The van der Waals surface area contributed by atoms with E-state index in [0.29, 0.717) is 10.8 Å². The van der Waals surface area contributed by atoms with Crippen LogP contribution in [0.3, 0.4) is 0 Å². The molecule has 1 aliphatic rings. The number of aryl methyl sites for hydroxylation is 1. The van der Waals surface area contributed by atoms with Gasteiger partial charge in [0.2, 0.25) is 5.75 Å². The highest BCUT2D eigenvalue weighted by Crippen LogP contribution is 2.33. The summed E-state index contributed by atoms with van der Waals surface area (Å²) in [4.78, 5) is 13.4. The van der Waals surface area contributed by atoms with E-state index in [4.69, 9.17) is 21.1 Å². The minimum atomic E-state index is -0.411. The first-order chi connectivity index (χ1) is 12.6. The van der Waals surface area contributed by atoms with E-state index in [0.717, 1.165) is 51.3 Å². The molecule has 0 N–H and O–H groups in total. The van der Waals surface area contributed by atoms with Gasteiger partial charge in [0.25, 0.3) is 0 Å². The first-order valence-electron chi connectivity index (χ1n) is 8.62. The number of halogens is 1. The van der Waals surface area contributed by atoms with Gasteiger partial charge in [0.15, 0.2) is 0 Å². The van der Waals surface area contributed by atoms with Crippen LogP contribution in [0.15, 0.2) is 42.5 Å². The lowest BCUT2D eigenvalue weighted by Crippen LogP contribution is -2.36. The lowest BCUT2D eigenvalue weighted by molar-refractivity contribution is -0.385. The Balaban J connectivity index is 1.65. The third-order valence-corrected chi connectivity index (χ3v) is 4.52. The van der Waals surface area contributed by atoms with E-state index in [9.17, 15) is 10.1 Å². The highest BCUT2D eigenvalue weighted by molar-refractivity contribution is 6.30. The van der Waals surface area contributed by atoms with Crippen molar-refractivity contribution in [3.05, 3.63) is 63.2 Å². The summed E-state index contributed by atoms with van der Waals surface area (Å²) in [5.74, 6) is 0.690. The largest absolute Gasteiger partial charge is 0.450 e. The molecule has 0 radical (unpaired) electrons. The monoisotopic (exact) mass is 376 g/mol. The Bertz CT molecular complexity index is 763. The van der Waals surface area contributed by atoms with Crippen LogP contribution in [0, 0.1) is 10.1 Å². The first-order valence-corrected chi connectivity index (χ1v) is 9.00. The second kappa shape index (κ2) is 8.98. The summed E-state index contributed by atoms with van der Waals surface area (Å²) in [6.07, 6.45) is 1.74. The SMILES string of the molecule is O=[N+]([O-])c1cc(CCCN2CCOCC2)ccc1Oc1cccc(Cl)c1. The molecule has 1 aliphatic heterocycles. The van der Waals surface area contributed by atoms with Gasteiger partial charge in [0.1, 0.15) is 5.75 Å². The van der Waals surface area contributed by atoms with Crippen molar-refractivity contribution in [2.24, 2.45) is 0 Å². The number of benzene rings is 2. The lowest BCUT2D eigenvalue weighted by atomic mass is 10.1. The molecule has 26 heavy (non-hydrogen) atoms. The Morgan fingerprint density at radius 3 is 2.73 bits per heavy atom. The van der Waals surface area contributed by atoms with Crippen molar-refractivity contribution in [3.63, 3.8) is 0 Å². The molecular weight excluding hydrogens is 356 g/mol. The Morgan fingerprint density at radius 1 is 1.19 bits per heavy atom. The maximum atomic E-state index is 11.4. The fourth-order valence-corrected chi connectivity index (χ4v) is 3.12. The molecule has 0 saturated carbocycles. The molecule has 1 saturated heterocycles. The van der Waals surface area contributed by atoms with Gasteiger partial charge in [0.05, 0.1) is 18.1 Å². The van der Waals surface area contributed by atoms with Gasteiger partial charge in [-0.3, -0.25) is 15.0 Å². The van der Waals surface area contributed by atoms with Crippen molar-refractivity contribution in [3.8, 4) is 11.5 Å². The average molecular weight is 377 g/mol. The van der Waals surface area contributed by atoms with Gasteiger partial charge in [-0.15, -0.1) is 0 Å². The number of nitrogens with zero attached hydrogens (tertiary/aromatic N) is 2. The number of nitro groups is 1. The van der Waals surface area contributed by atoms with E-state index in [2.05, 4.69) is 4.90 Å². The average Bonchev–Trinajstić information content (AvgIpc) is 2.63. The standard InChI is InChI=1S/C19H21ClN2O4/c20-16-4-1-5-17(14-16)26-19-7-6-15(13-18(19)22(23)24)3-2-8-21-9-11-25-12-10-21/h1,4-7,13-14H,2-3,8-12H2. The van der Waals surface area contributed by atoms with E-state index in [-0.39, 0.29) is 11.4 Å². The Hall–Kier alpha value is -2.15. The molecule has 2 aromatic carbocycles. The minimum absolute atomic E-state index is 0.0335. The Kier molecular flexibility index (Phi) is 6.44. The first kappa shape index (κ1) is 18.6. The number of rotatable bonds is 7. The molecule has 138 valence electrons. The zero-order valence-corrected chi connectivity index (χ0v) is 15.2. The highest BCUT2D eigenvalue weighted by atomic mass is 35.5. The zero-order chi connectivity index (χ0) is 18.4. The molecular formula is C19H21ClN2O4.